The van der Waals surface area contributed by atoms with Crippen LogP contribution in [0.2, 0.25) is 5.02 Å². The van der Waals surface area contributed by atoms with E-state index in [1.54, 1.807) is 13.0 Å². The lowest BCUT2D eigenvalue weighted by atomic mass is 9.98. The van der Waals surface area contributed by atoms with Crippen LogP contribution in [0.15, 0.2) is 59.0 Å². The molecule has 2 aromatic heterocycles. The van der Waals surface area contributed by atoms with Crippen LogP contribution in [0.5, 0.6) is 0 Å². The Bertz CT molecular complexity index is 1400. The van der Waals surface area contributed by atoms with Gasteiger partial charge in [0.05, 0.1) is 6.04 Å². The normalized spacial score (nSPS) is 13.9. The van der Waals surface area contributed by atoms with E-state index in [9.17, 15) is 4.39 Å². The minimum atomic E-state index is -0.319. The van der Waals surface area contributed by atoms with Gasteiger partial charge in [0.15, 0.2) is 5.82 Å². The van der Waals surface area contributed by atoms with Gasteiger partial charge >= 0.3 is 0 Å². The fraction of sp³-hybridized carbons (Fsp3) is 0.167. The number of hydrogen-bond acceptors (Lipinski definition) is 8. The third-order valence-corrected chi connectivity index (χ3v) is 5.98. The summed E-state index contributed by atoms with van der Waals surface area (Å²) in [4.78, 5) is 14.7. The summed E-state index contributed by atoms with van der Waals surface area (Å²) in [5.74, 6) is 1.03. The zero-order chi connectivity index (χ0) is 23.8. The molecule has 0 bridgehead atoms. The maximum Gasteiger partial charge on any atom is 0.265 e. The summed E-state index contributed by atoms with van der Waals surface area (Å²) in [6.07, 6.45) is 3.40. The lowest BCUT2D eigenvalue weighted by molar-refractivity contribution is 0.425. The second-order valence-electron chi connectivity index (χ2n) is 7.94. The van der Waals surface area contributed by atoms with Gasteiger partial charge in [-0.3, -0.25) is 0 Å². The average Bonchev–Trinajstić information content (AvgIpc) is 3.24. The molecule has 0 saturated heterocycles. The number of benzene rings is 2. The third-order valence-electron chi connectivity index (χ3n) is 5.62. The van der Waals surface area contributed by atoms with Crippen LogP contribution in [-0.2, 0) is 6.54 Å². The third kappa shape index (κ3) is 4.06. The first kappa shape index (κ1) is 21.8. The number of nitrogens with zero attached hydrogens (tertiary/aromatic N) is 5. The summed E-state index contributed by atoms with van der Waals surface area (Å²) in [7, 11) is 0. The predicted octanol–water partition coefficient (Wildman–Crippen LogP) is 5.07. The summed E-state index contributed by atoms with van der Waals surface area (Å²) in [6, 6.07) is 12.0. The van der Waals surface area contributed by atoms with E-state index in [1.165, 1.54) is 18.5 Å². The first-order chi connectivity index (χ1) is 16.4. The molecule has 1 aliphatic rings. The van der Waals surface area contributed by atoms with Crippen molar-refractivity contribution >= 4 is 35.0 Å². The fourth-order valence-corrected chi connectivity index (χ4v) is 4.25. The van der Waals surface area contributed by atoms with Crippen molar-refractivity contribution in [2.75, 3.05) is 16.0 Å². The van der Waals surface area contributed by atoms with Gasteiger partial charge in [0, 0.05) is 23.0 Å². The highest BCUT2D eigenvalue weighted by atomic mass is 35.5. The molecule has 0 saturated carbocycles. The highest BCUT2D eigenvalue weighted by molar-refractivity contribution is 6.31. The van der Waals surface area contributed by atoms with Crippen LogP contribution in [-0.4, -0.2) is 26.2 Å². The van der Waals surface area contributed by atoms with E-state index in [4.69, 9.17) is 21.9 Å². The quantitative estimate of drug-likeness (QED) is 0.410. The maximum atomic E-state index is 14.1. The van der Waals surface area contributed by atoms with Gasteiger partial charge < -0.3 is 20.5 Å². The van der Waals surface area contributed by atoms with E-state index in [1.807, 2.05) is 42.2 Å². The number of hydrogen-bond donors (Lipinski definition) is 2. The highest BCUT2D eigenvalue weighted by Crippen LogP contribution is 2.36. The number of halogens is 2. The molecule has 0 amide bonds. The van der Waals surface area contributed by atoms with Crippen molar-refractivity contribution in [3.05, 3.63) is 82.3 Å². The number of nitrogens with two attached hydrogens (primary N) is 1. The van der Waals surface area contributed by atoms with Crippen LogP contribution >= 0.6 is 11.6 Å². The van der Waals surface area contributed by atoms with Gasteiger partial charge in [-0.05, 0) is 55.3 Å². The smallest absolute Gasteiger partial charge is 0.265 e. The van der Waals surface area contributed by atoms with Gasteiger partial charge in [0.1, 0.15) is 29.3 Å². The van der Waals surface area contributed by atoms with Gasteiger partial charge in [-0.25, -0.2) is 14.4 Å². The molecule has 0 fully saturated rings. The van der Waals surface area contributed by atoms with Crippen molar-refractivity contribution in [3.63, 3.8) is 0 Å². The highest BCUT2D eigenvalue weighted by Gasteiger charge is 2.27. The topological polar surface area (TPSA) is 106 Å². The Balaban J connectivity index is 1.57. The van der Waals surface area contributed by atoms with Crippen molar-refractivity contribution in [3.8, 4) is 11.5 Å². The zero-order valence-corrected chi connectivity index (χ0v) is 19.2. The molecular weight excluding hydrogens is 457 g/mol. The van der Waals surface area contributed by atoms with E-state index in [0.717, 1.165) is 16.8 Å². The van der Waals surface area contributed by atoms with Crippen molar-refractivity contribution in [2.24, 2.45) is 0 Å². The molecule has 0 radical (unpaired) electrons. The van der Waals surface area contributed by atoms with Gasteiger partial charge in [-0.2, -0.15) is 4.98 Å². The number of fused-ring (bicyclic) bond motifs is 1. The van der Waals surface area contributed by atoms with E-state index in [0.29, 0.717) is 34.5 Å². The Morgan fingerprint density at radius 3 is 2.79 bits per heavy atom. The standard InChI is InChI=1S/C24H21ClFN7O/c1-13(30-23-21(22(27)28-12-29-23)24-31-14(2)32-34-24)20-9-15-5-3-8-19(25)18(15)11-33(20)17-7-4-6-16(26)10-17/h3-10,12-13H,11H2,1-2H3,(H3,27,28,29,30)/t13-/m0/s1. The van der Waals surface area contributed by atoms with E-state index < -0.39 is 0 Å². The van der Waals surface area contributed by atoms with Crippen LogP contribution in [0, 0.1) is 12.7 Å². The van der Waals surface area contributed by atoms with E-state index >= 15 is 0 Å². The first-order valence-electron chi connectivity index (χ1n) is 10.6. The van der Waals surface area contributed by atoms with Crippen LogP contribution in [0.4, 0.5) is 21.7 Å². The van der Waals surface area contributed by atoms with Crippen molar-refractivity contribution in [2.45, 2.75) is 26.4 Å². The Kier molecular flexibility index (Phi) is 5.62. The Morgan fingerprint density at radius 2 is 2.03 bits per heavy atom. The molecule has 0 spiro atoms. The zero-order valence-electron chi connectivity index (χ0n) is 18.5. The Hall–Kier alpha value is -3.98. The predicted molar refractivity (Wildman–Crippen MR) is 130 cm³/mol. The second kappa shape index (κ2) is 8.75. The number of nitrogens with one attached hydrogen (secondary N) is 1. The molecule has 0 unspecified atom stereocenters. The lowest BCUT2D eigenvalue weighted by Gasteiger charge is -2.36. The van der Waals surface area contributed by atoms with Crippen LogP contribution in [0.3, 0.4) is 0 Å². The van der Waals surface area contributed by atoms with Crippen molar-refractivity contribution in [1.29, 1.82) is 0 Å². The lowest BCUT2D eigenvalue weighted by Crippen LogP contribution is -2.35. The minimum Gasteiger partial charge on any atom is -0.383 e. The fourth-order valence-electron chi connectivity index (χ4n) is 4.00. The van der Waals surface area contributed by atoms with Gasteiger partial charge in [-0.1, -0.05) is 35.0 Å². The maximum absolute atomic E-state index is 14.1. The van der Waals surface area contributed by atoms with Crippen molar-refractivity contribution < 1.29 is 8.91 Å². The first-order valence-corrected chi connectivity index (χ1v) is 11.0. The number of aromatic nitrogens is 4. The number of aryl methyl sites for hydroxylation is 1. The molecule has 3 heterocycles. The summed E-state index contributed by atoms with van der Waals surface area (Å²) in [5, 5.41) is 7.90. The SMILES string of the molecule is Cc1noc(-c2c(N)ncnc2N[C@@H](C)C2=Cc3cccc(Cl)c3CN2c2cccc(F)c2)n1. The Morgan fingerprint density at radius 1 is 1.21 bits per heavy atom. The molecule has 4 aromatic rings. The Labute approximate surface area is 200 Å². The van der Waals surface area contributed by atoms with E-state index in [2.05, 4.69) is 25.4 Å². The van der Waals surface area contributed by atoms with Crippen LogP contribution in [0.25, 0.3) is 17.5 Å². The van der Waals surface area contributed by atoms with Gasteiger partial charge in [-0.15, -0.1) is 0 Å². The minimum absolute atomic E-state index is 0.213. The second-order valence-corrected chi connectivity index (χ2v) is 8.35. The molecule has 34 heavy (non-hydrogen) atoms. The summed E-state index contributed by atoms with van der Waals surface area (Å²) in [5.41, 5.74) is 10.1. The average molecular weight is 478 g/mol. The molecule has 3 N–H and O–H groups in total. The summed E-state index contributed by atoms with van der Waals surface area (Å²) >= 11 is 6.49. The van der Waals surface area contributed by atoms with Crippen LogP contribution < -0.4 is 16.0 Å². The molecule has 10 heteroatoms. The molecular formula is C24H21ClFN7O. The van der Waals surface area contributed by atoms with Crippen molar-refractivity contribution in [1.82, 2.24) is 20.1 Å². The molecule has 172 valence electrons. The van der Waals surface area contributed by atoms with E-state index in [-0.39, 0.29) is 23.6 Å². The number of rotatable bonds is 5. The largest absolute Gasteiger partial charge is 0.383 e. The monoisotopic (exact) mass is 477 g/mol. The molecule has 0 aliphatic carbocycles. The summed E-state index contributed by atoms with van der Waals surface area (Å²) in [6.45, 7) is 4.18. The molecule has 1 aliphatic heterocycles. The van der Waals surface area contributed by atoms with Gasteiger partial charge in [0.2, 0.25) is 0 Å². The number of anilines is 3. The van der Waals surface area contributed by atoms with Crippen LogP contribution in [0.1, 0.15) is 23.9 Å². The molecule has 5 rings (SSSR count). The number of nitrogen functional groups attached to an aromatic ring is 1. The molecule has 1 atom stereocenters. The molecule has 8 nitrogen and oxygen atoms in total. The molecule has 2 aromatic carbocycles. The van der Waals surface area contributed by atoms with Gasteiger partial charge in [0.25, 0.3) is 5.89 Å². The summed E-state index contributed by atoms with van der Waals surface area (Å²) < 4.78 is 19.4.